The van der Waals surface area contributed by atoms with Crippen LogP contribution in [0.5, 0.6) is 0 Å². The normalized spacial score (nSPS) is 10.7. The number of rotatable bonds is 1. The predicted octanol–water partition coefficient (Wildman–Crippen LogP) is 1.88. The van der Waals surface area contributed by atoms with Gasteiger partial charge in [-0.3, -0.25) is 19.8 Å². The van der Waals surface area contributed by atoms with E-state index in [-0.39, 0.29) is 11.1 Å². The van der Waals surface area contributed by atoms with Crippen molar-refractivity contribution in [3.05, 3.63) is 69.2 Å². The molecule has 0 amide bonds. The lowest BCUT2D eigenvalue weighted by molar-refractivity contribution is 0.955. The van der Waals surface area contributed by atoms with E-state index in [1.54, 1.807) is 0 Å². The molecule has 0 fully saturated rings. The average Bonchev–Trinajstić information content (AvgIpc) is 2.41. The molecule has 0 bridgehead atoms. The number of hydrogen-bond acceptors (Lipinski definition) is 2. The molecule has 1 heterocycles. The topological polar surface area (TPSA) is 65.7 Å². The highest BCUT2D eigenvalue weighted by molar-refractivity contribution is 5.87. The van der Waals surface area contributed by atoms with Crippen molar-refractivity contribution in [1.82, 2.24) is 10.2 Å². The van der Waals surface area contributed by atoms with E-state index in [0.717, 1.165) is 16.3 Å². The Hall–Kier alpha value is -2.62. The van der Waals surface area contributed by atoms with E-state index in [2.05, 4.69) is 10.2 Å². The van der Waals surface area contributed by atoms with Crippen molar-refractivity contribution in [2.24, 2.45) is 0 Å². The Morgan fingerprint density at radius 2 is 1.56 bits per heavy atom. The van der Waals surface area contributed by atoms with Gasteiger partial charge in [-0.05, 0) is 22.4 Å². The molecule has 18 heavy (non-hydrogen) atoms. The third-order valence-corrected chi connectivity index (χ3v) is 2.88. The highest BCUT2D eigenvalue weighted by Crippen LogP contribution is 2.21. The molecule has 0 atom stereocenters. The van der Waals surface area contributed by atoms with Crippen LogP contribution in [0, 0.1) is 0 Å². The van der Waals surface area contributed by atoms with E-state index < -0.39 is 0 Å². The van der Waals surface area contributed by atoms with E-state index in [1.807, 2.05) is 42.5 Å². The van der Waals surface area contributed by atoms with Crippen LogP contribution in [-0.4, -0.2) is 10.2 Å². The van der Waals surface area contributed by atoms with E-state index in [0.29, 0.717) is 5.56 Å². The van der Waals surface area contributed by atoms with E-state index >= 15 is 0 Å². The van der Waals surface area contributed by atoms with Crippen molar-refractivity contribution in [3.63, 3.8) is 0 Å². The Kier molecular flexibility index (Phi) is 2.34. The van der Waals surface area contributed by atoms with Gasteiger partial charge in [0, 0.05) is 6.07 Å². The summed E-state index contributed by atoms with van der Waals surface area (Å²) in [5.74, 6) is 0. The van der Waals surface area contributed by atoms with Crippen LogP contribution in [0.1, 0.15) is 0 Å². The first-order valence-corrected chi connectivity index (χ1v) is 5.55. The smallest absolute Gasteiger partial charge is 0.268 e. The summed E-state index contributed by atoms with van der Waals surface area (Å²) in [5.41, 5.74) is 0.494. The molecule has 88 valence electrons. The summed E-state index contributed by atoms with van der Waals surface area (Å²) in [6.45, 7) is 0. The Morgan fingerprint density at radius 1 is 0.778 bits per heavy atom. The summed E-state index contributed by atoms with van der Waals surface area (Å²) in [4.78, 5) is 22.9. The molecule has 1 aromatic heterocycles. The Morgan fingerprint density at radius 3 is 2.39 bits per heavy atom. The molecule has 0 unspecified atom stereocenters. The molecule has 0 aliphatic heterocycles. The molecule has 0 aliphatic rings. The molecule has 0 radical (unpaired) electrons. The van der Waals surface area contributed by atoms with Crippen molar-refractivity contribution in [2.45, 2.75) is 0 Å². The number of fused-ring (bicyclic) bond motifs is 1. The third kappa shape index (κ3) is 1.73. The van der Waals surface area contributed by atoms with E-state index in [9.17, 15) is 9.59 Å². The third-order valence-electron chi connectivity index (χ3n) is 2.88. The van der Waals surface area contributed by atoms with Gasteiger partial charge >= 0.3 is 0 Å². The molecule has 4 heteroatoms. The van der Waals surface area contributed by atoms with Crippen molar-refractivity contribution in [2.75, 3.05) is 0 Å². The Bertz CT molecular complexity index is 831. The minimum Gasteiger partial charge on any atom is -0.268 e. The molecule has 0 spiro atoms. The number of nitrogens with one attached hydrogen (secondary N) is 2. The molecule has 2 aromatic carbocycles. The average molecular weight is 238 g/mol. The SMILES string of the molecule is O=c1cc(-c2ccc3ccccc3c2)c(=O)[nH][nH]1. The Balaban J connectivity index is 2.28. The standard InChI is InChI=1S/C14H10N2O2/c17-13-8-12(14(18)16-15-13)11-6-5-9-3-1-2-4-10(9)7-11/h1-8H,(H,15,17)(H,16,18). The summed E-state index contributed by atoms with van der Waals surface area (Å²) in [7, 11) is 0. The monoisotopic (exact) mass is 238 g/mol. The quantitative estimate of drug-likeness (QED) is 0.679. The molecule has 0 saturated heterocycles. The van der Waals surface area contributed by atoms with Gasteiger partial charge in [0.25, 0.3) is 11.1 Å². The predicted molar refractivity (Wildman–Crippen MR) is 70.6 cm³/mol. The van der Waals surface area contributed by atoms with Crippen LogP contribution >= 0.6 is 0 Å². The zero-order valence-corrected chi connectivity index (χ0v) is 9.44. The highest BCUT2D eigenvalue weighted by Gasteiger charge is 2.04. The van der Waals surface area contributed by atoms with Gasteiger partial charge < -0.3 is 0 Å². The zero-order valence-electron chi connectivity index (χ0n) is 9.44. The molecular weight excluding hydrogens is 228 g/mol. The van der Waals surface area contributed by atoms with Crippen LogP contribution in [-0.2, 0) is 0 Å². The van der Waals surface area contributed by atoms with Crippen LogP contribution in [0.4, 0.5) is 0 Å². The molecule has 4 nitrogen and oxygen atoms in total. The number of H-pyrrole nitrogens is 2. The maximum absolute atomic E-state index is 11.7. The van der Waals surface area contributed by atoms with Crippen LogP contribution in [0.15, 0.2) is 58.1 Å². The van der Waals surface area contributed by atoms with Gasteiger partial charge in [0.15, 0.2) is 0 Å². The number of benzene rings is 2. The van der Waals surface area contributed by atoms with E-state index in [4.69, 9.17) is 0 Å². The fourth-order valence-corrected chi connectivity index (χ4v) is 1.99. The first-order valence-electron chi connectivity index (χ1n) is 5.55. The molecule has 3 aromatic rings. The molecule has 0 saturated carbocycles. The van der Waals surface area contributed by atoms with Gasteiger partial charge in [-0.2, -0.15) is 0 Å². The second kappa shape index (κ2) is 4.00. The van der Waals surface area contributed by atoms with Crippen LogP contribution in [0.3, 0.4) is 0 Å². The minimum atomic E-state index is -0.322. The van der Waals surface area contributed by atoms with E-state index in [1.165, 1.54) is 6.07 Å². The van der Waals surface area contributed by atoms with Crippen LogP contribution in [0.2, 0.25) is 0 Å². The van der Waals surface area contributed by atoms with Crippen LogP contribution < -0.4 is 11.1 Å². The van der Waals surface area contributed by atoms with Crippen molar-refractivity contribution >= 4 is 10.8 Å². The fraction of sp³-hybridized carbons (Fsp3) is 0. The maximum Gasteiger partial charge on any atom is 0.270 e. The summed E-state index contributed by atoms with van der Waals surface area (Å²) in [5, 5.41) is 6.71. The number of hydrogen-bond donors (Lipinski definition) is 2. The lowest BCUT2D eigenvalue weighted by Crippen LogP contribution is -2.19. The maximum atomic E-state index is 11.7. The number of aromatic nitrogens is 2. The largest absolute Gasteiger partial charge is 0.270 e. The summed E-state index contributed by atoms with van der Waals surface area (Å²) in [6, 6.07) is 14.9. The van der Waals surface area contributed by atoms with Gasteiger partial charge in [0.1, 0.15) is 0 Å². The van der Waals surface area contributed by atoms with Crippen molar-refractivity contribution in [3.8, 4) is 11.1 Å². The summed E-state index contributed by atoms with van der Waals surface area (Å²) in [6.07, 6.45) is 0. The summed E-state index contributed by atoms with van der Waals surface area (Å²) >= 11 is 0. The molecule has 3 rings (SSSR count). The summed E-state index contributed by atoms with van der Waals surface area (Å²) < 4.78 is 0. The van der Waals surface area contributed by atoms with Crippen molar-refractivity contribution < 1.29 is 0 Å². The molecule has 2 N–H and O–H groups in total. The lowest BCUT2D eigenvalue weighted by Gasteiger charge is -2.02. The molecular formula is C14H10N2O2. The lowest BCUT2D eigenvalue weighted by atomic mass is 10.0. The first kappa shape index (κ1) is 10.5. The van der Waals surface area contributed by atoms with Gasteiger partial charge in [-0.1, -0.05) is 36.4 Å². The highest BCUT2D eigenvalue weighted by atomic mass is 16.1. The van der Waals surface area contributed by atoms with Gasteiger partial charge in [0.05, 0.1) is 5.56 Å². The van der Waals surface area contributed by atoms with Crippen LogP contribution in [0.25, 0.3) is 21.9 Å². The fourth-order valence-electron chi connectivity index (χ4n) is 1.99. The van der Waals surface area contributed by atoms with Gasteiger partial charge in [-0.15, -0.1) is 0 Å². The second-order valence-electron chi connectivity index (χ2n) is 4.06. The second-order valence-corrected chi connectivity index (χ2v) is 4.06. The van der Waals surface area contributed by atoms with Crippen molar-refractivity contribution in [1.29, 1.82) is 0 Å². The Labute approximate surface area is 102 Å². The zero-order chi connectivity index (χ0) is 12.5. The van der Waals surface area contributed by atoms with Gasteiger partial charge in [-0.25, -0.2) is 0 Å². The number of aromatic amines is 2. The molecule has 0 aliphatic carbocycles. The first-order chi connectivity index (χ1) is 8.74. The van der Waals surface area contributed by atoms with Gasteiger partial charge in [0.2, 0.25) is 0 Å². The minimum absolute atomic E-state index is 0.301.